The monoisotopic (exact) mass is 310 g/mol. The molecule has 0 N–H and O–H groups in total. The van der Waals surface area contributed by atoms with Crippen LogP contribution < -0.4 is 4.74 Å². The van der Waals surface area contributed by atoms with E-state index in [0.29, 0.717) is 5.75 Å². The maximum atomic E-state index is 12.2. The van der Waals surface area contributed by atoms with Crippen LogP contribution in [0.5, 0.6) is 5.75 Å². The average Bonchev–Trinajstić information content (AvgIpc) is 2.63. The SMILES string of the molecule is CC(=O)Oc1cc2c(cc1C)CC[C@H]1C(=C2)C=CC(=O)C1(C)C. The first kappa shape index (κ1) is 15.7. The van der Waals surface area contributed by atoms with Gasteiger partial charge >= 0.3 is 5.97 Å². The number of allylic oxidation sites excluding steroid dienone is 3. The van der Waals surface area contributed by atoms with Crippen LogP contribution >= 0.6 is 0 Å². The van der Waals surface area contributed by atoms with E-state index in [4.69, 9.17) is 4.74 Å². The normalized spacial score (nSPS) is 21.8. The molecule has 0 amide bonds. The molecule has 3 heteroatoms. The van der Waals surface area contributed by atoms with E-state index >= 15 is 0 Å². The van der Waals surface area contributed by atoms with E-state index in [2.05, 4.69) is 12.1 Å². The number of hydrogen-bond acceptors (Lipinski definition) is 3. The zero-order chi connectivity index (χ0) is 16.8. The highest BCUT2D eigenvalue weighted by Gasteiger charge is 2.39. The molecule has 0 heterocycles. The fourth-order valence-corrected chi connectivity index (χ4v) is 3.63. The van der Waals surface area contributed by atoms with Crippen molar-refractivity contribution in [1.82, 2.24) is 0 Å². The van der Waals surface area contributed by atoms with Gasteiger partial charge in [0, 0.05) is 12.3 Å². The van der Waals surface area contributed by atoms with Crippen LogP contribution in [0.1, 0.15) is 43.9 Å². The zero-order valence-corrected chi connectivity index (χ0v) is 14.1. The number of hydrogen-bond donors (Lipinski definition) is 0. The van der Waals surface area contributed by atoms with Gasteiger partial charge in [-0.15, -0.1) is 0 Å². The summed E-state index contributed by atoms with van der Waals surface area (Å²) >= 11 is 0. The first-order valence-corrected chi connectivity index (χ1v) is 8.05. The summed E-state index contributed by atoms with van der Waals surface area (Å²) in [5, 5.41) is 0. The molecule has 120 valence electrons. The summed E-state index contributed by atoms with van der Waals surface area (Å²) in [7, 11) is 0. The van der Waals surface area contributed by atoms with Crippen molar-refractivity contribution in [3.8, 4) is 5.75 Å². The van der Waals surface area contributed by atoms with Gasteiger partial charge in [-0.1, -0.05) is 32.1 Å². The van der Waals surface area contributed by atoms with Gasteiger partial charge in [-0.3, -0.25) is 9.59 Å². The van der Waals surface area contributed by atoms with Gasteiger partial charge in [-0.2, -0.15) is 0 Å². The Hall–Kier alpha value is -2.16. The lowest BCUT2D eigenvalue weighted by atomic mass is 9.67. The second-order valence-corrected chi connectivity index (χ2v) is 7.07. The fraction of sp³-hybridized carbons (Fsp3) is 0.400. The van der Waals surface area contributed by atoms with Crippen LogP contribution in [0.3, 0.4) is 0 Å². The second-order valence-electron chi connectivity index (χ2n) is 7.07. The lowest BCUT2D eigenvalue weighted by Gasteiger charge is -2.35. The van der Waals surface area contributed by atoms with Crippen molar-refractivity contribution >= 4 is 17.8 Å². The third-order valence-electron chi connectivity index (χ3n) is 5.05. The molecule has 0 fully saturated rings. The first-order valence-electron chi connectivity index (χ1n) is 8.05. The van der Waals surface area contributed by atoms with E-state index in [1.165, 1.54) is 18.1 Å². The van der Waals surface area contributed by atoms with Gasteiger partial charge in [0.2, 0.25) is 0 Å². The molecular formula is C20H22O3. The van der Waals surface area contributed by atoms with Gasteiger partial charge in [0.1, 0.15) is 5.75 Å². The number of fused-ring (bicyclic) bond motifs is 2. The summed E-state index contributed by atoms with van der Waals surface area (Å²) in [6, 6.07) is 4.04. The Labute approximate surface area is 137 Å². The molecule has 0 bridgehead atoms. The molecule has 0 aliphatic heterocycles. The molecule has 0 aromatic heterocycles. The Kier molecular flexibility index (Phi) is 3.75. The first-order chi connectivity index (χ1) is 10.8. The number of esters is 1. The van der Waals surface area contributed by atoms with Crippen molar-refractivity contribution < 1.29 is 14.3 Å². The third-order valence-corrected chi connectivity index (χ3v) is 5.05. The summed E-state index contributed by atoms with van der Waals surface area (Å²) < 4.78 is 5.31. The summed E-state index contributed by atoms with van der Waals surface area (Å²) in [4.78, 5) is 23.5. The van der Waals surface area contributed by atoms with E-state index < -0.39 is 0 Å². The summed E-state index contributed by atoms with van der Waals surface area (Å²) in [6.45, 7) is 7.43. The molecule has 1 aromatic carbocycles. The fourth-order valence-electron chi connectivity index (χ4n) is 3.63. The molecule has 1 aromatic rings. The Morgan fingerprint density at radius 3 is 2.70 bits per heavy atom. The lowest BCUT2D eigenvalue weighted by Crippen LogP contribution is -2.35. The maximum absolute atomic E-state index is 12.2. The van der Waals surface area contributed by atoms with Crippen LogP contribution in [-0.2, 0) is 16.0 Å². The number of ether oxygens (including phenoxy) is 1. The molecule has 3 nitrogen and oxygen atoms in total. The molecule has 0 saturated carbocycles. The smallest absolute Gasteiger partial charge is 0.308 e. The Balaban J connectivity index is 2.08. The zero-order valence-electron chi connectivity index (χ0n) is 14.1. The van der Waals surface area contributed by atoms with Crippen LogP contribution in [-0.4, -0.2) is 11.8 Å². The largest absolute Gasteiger partial charge is 0.426 e. The van der Waals surface area contributed by atoms with Crippen LogP contribution in [0.15, 0.2) is 29.9 Å². The summed E-state index contributed by atoms with van der Waals surface area (Å²) in [5.74, 6) is 0.727. The van der Waals surface area contributed by atoms with Crippen molar-refractivity contribution in [2.45, 2.75) is 40.5 Å². The van der Waals surface area contributed by atoms with Crippen molar-refractivity contribution in [3.63, 3.8) is 0 Å². The summed E-state index contributed by atoms with van der Waals surface area (Å²) in [5.41, 5.74) is 4.12. The van der Waals surface area contributed by atoms with E-state index in [9.17, 15) is 9.59 Å². The highest BCUT2D eigenvalue weighted by Crippen LogP contribution is 2.44. The molecular weight excluding hydrogens is 288 g/mol. The van der Waals surface area contributed by atoms with E-state index in [1.54, 1.807) is 6.08 Å². The standard InChI is InChI=1S/C20H22O3/c1-12-9-14-5-7-17-15(6-8-19(22)20(17,3)4)10-16(14)11-18(12)23-13(2)21/h6,8-11,17H,5,7H2,1-4H3/t17-/m0/s1. The van der Waals surface area contributed by atoms with Crippen LogP contribution in [0.25, 0.3) is 6.08 Å². The molecule has 1 atom stereocenters. The van der Waals surface area contributed by atoms with Gasteiger partial charge in [0.25, 0.3) is 0 Å². The number of aryl methyl sites for hydroxylation is 2. The molecule has 0 spiro atoms. The van der Waals surface area contributed by atoms with Crippen LogP contribution in [0, 0.1) is 18.3 Å². The van der Waals surface area contributed by atoms with E-state index in [-0.39, 0.29) is 23.1 Å². The van der Waals surface area contributed by atoms with Crippen molar-refractivity contribution in [3.05, 3.63) is 46.5 Å². The van der Waals surface area contributed by atoms with E-state index in [1.807, 2.05) is 32.9 Å². The predicted molar refractivity (Wildman–Crippen MR) is 90.2 cm³/mol. The summed E-state index contributed by atoms with van der Waals surface area (Å²) in [6.07, 6.45) is 7.65. The minimum absolute atomic E-state index is 0.197. The van der Waals surface area contributed by atoms with Crippen LogP contribution in [0.4, 0.5) is 0 Å². The number of carbonyl (C=O) groups excluding carboxylic acids is 2. The quantitative estimate of drug-likeness (QED) is 0.581. The number of rotatable bonds is 1. The van der Waals surface area contributed by atoms with Gasteiger partial charge in [-0.25, -0.2) is 0 Å². The topological polar surface area (TPSA) is 43.4 Å². The molecule has 0 saturated heterocycles. The highest BCUT2D eigenvalue weighted by molar-refractivity contribution is 5.97. The number of carbonyl (C=O) groups is 2. The van der Waals surface area contributed by atoms with Crippen molar-refractivity contribution in [1.29, 1.82) is 0 Å². The number of benzene rings is 1. The van der Waals surface area contributed by atoms with Gasteiger partial charge in [0.15, 0.2) is 5.78 Å². The molecule has 23 heavy (non-hydrogen) atoms. The Morgan fingerprint density at radius 2 is 2.00 bits per heavy atom. The molecule has 0 radical (unpaired) electrons. The van der Waals surface area contributed by atoms with Crippen LogP contribution in [0.2, 0.25) is 0 Å². The minimum Gasteiger partial charge on any atom is -0.426 e. The number of ketones is 1. The van der Waals surface area contributed by atoms with Gasteiger partial charge < -0.3 is 4.74 Å². The van der Waals surface area contributed by atoms with Crippen molar-refractivity contribution in [2.24, 2.45) is 11.3 Å². The molecule has 0 unspecified atom stereocenters. The Bertz CT molecular complexity index is 750. The average molecular weight is 310 g/mol. The Morgan fingerprint density at radius 1 is 1.26 bits per heavy atom. The predicted octanol–water partition coefficient (Wildman–Crippen LogP) is 4.03. The van der Waals surface area contributed by atoms with E-state index in [0.717, 1.165) is 24.0 Å². The van der Waals surface area contributed by atoms with Gasteiger partial charge in [-0.05, 0) is 60.1 Å². The highest BCUT2D eigenvalue weighted by atomic mass is 16.5. The molecule has 2 aliphatic rings. The lowest BCUT2D eigenvalue weighted by molar-refractivity contribution is -0.132. The molecule has 2 aliphatic carbocycles. The maximum Gasteiger partial charge on any atom is 0.308 e. The third kappa shape index (κ3) is 2.76. The van der Waals surface area contributed by atoms with Crippen molar-refractivity contribution in [2.75, 3.05) is 0 Å². The second kappa shape index (κ2) is 5.48. The minimum atomic E-state index is -0.365. The molecule has 3 rings (SSSR count). The van der Waals surface area contributed by atoms with Gasteiger partial charge in [0.05, 0.1) is 0 Å².